The standard InChI is InChI=1S/C19H20F3N5O2/c1-10(13-5-7-14(8-6-13)29-19(20,21)22)23-18(28)16-9-15(24-25-16)17-11(2)26-27(4)12(17)3/h5-10H,1-4H3,(H,23,28)(H,24,25). The van der Waals surface area contributed by atoms with Crippen LogP contribution in [0.15, 0.2) is 30.3 Å². The number of nitrogens with one attached hydrogen (secondary N) is 2. The van der Waals surface area contributed by atoms with Crippen LogP contribution in [0, 0.1) is 13.8 Å². The maximum atomic E-state index is 12.5. The Morgan fingerprint density at radius 1 is 1.24 bits per heavy atom. The Balaban J connectivity index is 1.70. The van der Waals surface area contributed by atoms with Gasteiger partial charge < -0.3 is 10.1 Å². The van der Waals surface area contributed by atoms with Gasteiger partial charge in [-0.05, 0) is 44.5 Å². The number of rotatable bonds is 5. The Morgan fingerprint density at radius 3 is 2.45 bits per heavy atom. The van der Waals surface area contributed by atoms with Crippen LogP contribution in [0.25, 0.3) is 11.3 Å². The van der Waals surface area contributed by atoms with Gasteiger partial charge in [-0.1, -0.05) is 12.1 Å². The van der Waals surface area contributed by atoms with Crippen molar-refractivity contribution >= 4 is 5.91 Å². The van der Waals surface area contributed by atoms with Gasteiger partial charge in [0, 0.05) is 18.3 Å². The summed E-state index contributed by atoms with van der Waals surface area (Å²) in [5.74, 6) is -0.703. The van der Waals surface area contributed by atoms with E-state index in [1.54, 1.807) is 17.7 Å². The third kappa shape index (κ3) is 4.58. The highest BCUT2D eigenvalue weighted by Gasteiger charge is 2.31. The van der Waals surface area contributed by atoms with Crippen LogP contribution in [0.1, 0.15) is 40.4 Å². The van der Waals surface area contributed by atoms with Crippen LogP contribution in [0.4, 0.5) is 13.2 Å². The first-order chi connectivity index (χ1) is 13.5. The molecule has 2 aromatic heterocycles. The van der Waals surface area contributed by atoms with Gasteiger partial charge in [-0.2, -0.15) is 10.2 Å². The van der Waals surface area contributed by atoms with Crippen molar-refractivity contribution in [2.45, 2.75) is 33.2 Å². The van der Waals surface area contributed by atoms with Gasteiger partial charge in [-0.15, -0.1) is 13.2 Å². The van der Waals surface area contributed by atoms with E-state index in [2.05, 4.69) is 25.3 Å². The predicted molar refractivity (Wildman–Crippen MR) is 99.3 cm³/mol. The summed E-state index contributed by atoms with van der Waals surface area (Å²) in [7, 11) is 1.83. The van der Waals surface area contributed by atoms with Gasteiger partial charge in [0.1, 0.15) is 11.4 Å². The van der Waals surface area contributed by atoms with Crippen molar-refractivity contribution in [3.63, 3.8) is 0 Å². The lowest BCUT2D eigenvalue weighted by atomic mass is 10.1. The molecule has 0 aliphatic carbocycles. The number of hydrogen-bond acceptors (Lipinski definition) is 4. The number of aromatic amines is 1. The van der Waals surface area contributed by atoms with E-state index in [1.807, 2.05) is 20.9 Å². The Morgan fingerprint density at radius 2 is 1.90 bits per heavy atom. The number of hydrogen-bond donors (Lipinski definition) is 2. The molecule has 7 nitrogen and oxygen atoms in total. The average molecular weight is 407 g/mol. The number of H-pyrrole nitrogens is 1. The maximum absolute atomic E-state index is 12.5. The normalized spacial score (nSPS) is 12.7. The summed E-state index contributed by atoms with van der Waals surface area (Å²) in [5.41, 5.74) is 4.10. The molecule has 0 fully saturated rings. The number of aromatic nitrogens is 4. The van der Waals surface area contributed by atoms with Gasteiger partial charge in [0.15, 0.2) is 0 Å². The molecule has 0 saturated carbocycles. The van der Waals surface area contributed by atoms with Crippen molar-refractivity contribution < 1.29 is 22.7 Å². The largest absolute Gasteiger partial charge is 0.573 e. The molecule has 0 aliphatic rings. The van der Waals surface area contributed by atoms with E-state index >= 15 is 0 Å². The molecule has 1 unspecified atom stereocenters. The van der Waals surface area contributed by atoms with Crippen LogP contribution in [0.2, 0.25) is 0 Å². The van der Waals surface area contributed by atoms with E-state index in [9.17, 15) is 18.0 Å². The van der Waals surface area contributed by atoms with E-state index < -0.39 is 12.4 Å². The number of carbonyl (C=O) groups is 1. The van der Waals surface area contributed by atoms with Crippen molar-refractivity contribution in [1.82, 2.24) is 25.3 Å². The minimum absolute atomic E-state index is 0.270. The van der Waals surface area contributed by atoms with Crippen LogP contribution in [-0.4, -0.2) is 32.2 Å². The van der Waals surface area contributed by atoms with Crippen LogP contribution in [-0.2, 0) is 7.05 Å². The molecule has 3 aromatic rings. The molecule has 0 radical (unpaired) electrons. The summed E-state index contributed by atoms with van der Waals surface area (Å²) in [6.07, 6.45) is -4.75. The van der Waals surface area contributed by atoms with E-state index in [1.165, 1.54) is 24.3 Å². The van der Waals surface area contributed by atoms with Gasteiger partial charge >= 0.3 is 6.36 Å². The molecule has 0 aliphatic heterocycles. The summed E-state index contributed by atoms with van der Waals surface area (Å²) in [6, 6.07) is 6.54. The van der Waals surface area contributed by atoms with Crippen LogP contribution in [0.5, 0.6) is 5.75 Å². The molecule has 29 heavy (non-hydrogen) atoms. The molecular weight excluding hydrogens is 387 g/mol. The van der Waals surface area contributed by atoms with Gasteiger partial charge in [0.25, 0.3) is 5.91 Å². The summed E-state index contributed by atoms with van der Waals surface area (Å²) >= 11 is 0. The van der Waals surface area contributed by atoms with Crippen molar-refractivity contribution in [1.29, 1.82) is 0 Å². The van der Waals surface area contributed by atoms with Gasteiger partial charge in [0.05, 0.1) is 17.4 Å². The molecule has 2 N–H and O–H groups in total. The fourth-order valence-corrected chi connectivity index (χ4v) is 3.03. The second-order valence-electron chi connectivity index (χ2n) is 6.65. The Kier molecular flexibility index (Phi) is 5.36. The van der Waals surface area contributed by atoms with E-state index in [4.69, 9.17) is 0 Å². The highest BCUT2D eigenvalue weighted by molar-refractivity contribution is 5.93. The lowest BCUT2D eigenvalue weighted by Crippen LogP contribution is -2.27. The molecular formula is C19H20F3N5O2. The zero-order valence-electron chi connectivity index (χ0n) is 16.3. The summed E-state index contributed by atoms with van der Waals surface area (Å²) < 4.78 is 42.3. The number of benzene rings is 1. The number of amides is 1. The molecule has 1 aromatic carbocycles. The van der Waals surface area contributed by atoms with Gasteiger partial charge in [-0.25, -0.2) is 0 Å². The molecule has 0 spiro atoms. The first-order valence-corrected chi connectivity index (χ1v) is 8.77. The second kappa shape index (κ2) is 7.61. The van der Waals surface area contributed by atoms with Gasteiger partial charge in [0.2, 0.25) is 0 Å². The van der Waals surface area contributed by atoms with Crippen LogP contribution < -0.4 is 10.1 Å². The molecule has 0 bridgehead atoms. The minimum atomic E-state index is -4.75. The third-order valence-corrected chi connectivity index (χ3v) is 4.55. The topological polar surface area (TPSA) is 84.8 Å². The predicted octanol–water partition coefficient (Wildman–Crippen LogP) is 3.82. The van der Waals surface area contributed by atoms with Crippen LogP contribution >= 0.6 is 0 Å². The first kappa shape index (κ1) is 20.4. The Hall–Kier alpha value is -3.30. The number of aryl methyl sites for hydroxylation is 2. The molecule has 10 heteroatoms. The van der Waals surface area contributed by atoms with Crippen molar-refractivity contribution in [2.24, 2.45) is 7.05 Å². The second-order valence-corrected chi connectivity index (χ2v) is 6.65. The van der Waals surface area contributed by atoms with Crippen LogP contribution in [0.3, 0.4) is 0 Å². The molecule has 3 rings (SSSR count). The number of carbonyl (C=O) groups excluding carboxylic acids is 1. The van der Waals surface area contributed by atoms with Gasteiger partial charge in [-0.3, -0.25) is 14.6 Å². The SMILES string of the molecule is Cc1nn(C)c(C)c1-c1cc(C(=O)NC(C)c2ccc(OC(F)(F)F)cc2)[nH]n1. The summed E-state index contributed by atoms with van der Waals surface area (Å²) in [4.78, 5) is 12.5. The van der Waals surface area contributed by atoms with Crippen molar-refractivity contribution in [2.75, 3.05) is 0 Å². The monoisotopic (exact) mass is 407 g/mol. The zero-order chi connectivity index (χ0) is 21.3. The lowest BCUT2D eigenvalue weighted by Gasteiger charge is -2.15. The van der Waals surface area contributed by atoms with E-state index in [0.29, 0.717) is 11.3 Å². The Bertz CT molecular complexity index is 1020. The number of nitrogens with zero attached hydrogens (tertiary/aromatic N) is 3. The first-order valence-electron chi connectivity index (χ1n) is 8.77. The number of alkyl halides is 3. The maximum Gasteiger partial charge on any atom is 0.573 e. The average Bonchev–Trinajstić information content (AvgIpc) is 3.19. The number of ether oxygens (including phenoxy) is 1. The van der Waals surface area contributed by atoms with Crippen molar-refractivity contribution in [3.8, 4) is 17.0 Å². The van der Waals surface area contributed by atoms with Crippen molar-refractivity contribution in [3.05, 3.63) is 53.0 Å². The molecule has 154 valence electrons. The fraction of sp³-hybridized carbons (Fsp3) is 0.316. The van der Waals surface area contributed by atoms with E-state index in [-0.39, 0.29) is 17.4 Å². The minimum Gasteiger partial charge on any atom is -0.406 e. The number of halogens is 3. The highest BCUT2D eigenvalue weighted by Crippen LogP contribution is 2.26. The third-order valence-electron chi connectivity index (χ3n) is 4.55. The smallest absolute Gasteiger partial charge is 0.406 e. The highest BCUT2D eigenvalue weighted by atomic mass is 19.4. The molecule has 1 atom stereocenters. The summed E-state index contributed by atoms with van der Waals surface area (Å²) in [5, 5.41) is 14.0. The molecule has 1 amide bonds. The molecule has 2 heterocycles. The zero-order valence-corrected chi connectivity index (χ0v) is 16.3. The Labute approximate surface area is 164 Å². The summed E-state index contributed by atoms with van der Waals surface area (Å²) in [6.45, 7) is 5.51. The molecule has 0 saturated heterocycles. The van der Waals surface area contributed by atoms with E-state index in [0.717, 1.165) is 17.0 Å². The lowest BCUT2D eigenvalue weighted by molar-refractivity contribution is -0.274. The quantitative estimate of drug-likeness (QED) is 0.674. The fourth-order valence-electron chi connectivity index (χ4n) is 3.03.